The number of amides is 2. The van der Waals surface area contributed by atoms with Crippen molar-refractivity contribution >= 4 is 12.0 Å². The van der Waals surface area contributed by atoms with Gasteiger partial charge in [-0.3, -0.25) is 4.79 Å². The fourth-order valence-corrected chi connectivity index (χ4v) is 2.46. The molecule has 1 unspecified atom stereocenters. The van der Waals surface area contributed by atoms with Crippen molar-refractivity contribution in [3.8, 4) is 12.3 Å². The van der Waals surface area contributed by atoms with Crippen molar-refractivity contribution in [2.45, 2.75) is 51.5 Å². The molecule has 1 rings (SSSR count). The molecule has 0 aromatic rings. The summed E-state index contributed by atoms with van der Waals surface area (Å²) in [7, 11) is 0. The van der Waals surface area contributed by atoms with E-state index in [1.807, 2.05) is 6.92 Å². The van der Waals surface area contributed by atoms with Gasteiger partial charge in [-0.2, -0.15) is 0 Å². The molecule has 2 N–H and O–H groups in total. The Morgan fingerprint density at radius 1 is 1.45 bits per heavy atom. The predicted octanol–water partition coefficient (Wildman–Crippen LogP) is 2.07. The summed E-state index contributed by atoms with van der Waals surface area (Å²) in [4.78, 5) is 24.4. The standard InChI is InChI=1S/C15H24N2O3/c1-3-5-13(4-2)16-15(20)17-10-8-12(9-11-17)6-7-14(18)19/h1,12-13H,4-11H2,2H3,(H,16,20)(H,18,19). The Labute approximate surface area is 120 Å². The van der Waals surface area contributed by atoms with E-state index in [9.17, 15) is 9.59 Å². The highest BCUT2D eigenvalue weighted by atomic mass is 16.4. The summed E-state index contributed by atoms with van der Waals surface area (Å²) < 4.78 is 0. The smallest absolute Gasteiger partial charge is 0.317 e. The lowest BCUT2D eigenvalue weighted by Gasteiger charge is -2.32. The van der Waals surface area contributed by atoms with Crippen molar-refractivity contribution in [1.82, 2.24) is 10.2 Å². The highest BCUT2D eigenvalue weighted by molar-refractivity contribution is 5.74. The van der Waals surface area contributed by atoms with E-state index < -0.39 is 5.97 Å². The SMILES string of the molecule is C#CCC(CC)NC(=O)N1CCC(CCC(=O)O)CC1. The van der Waals surface area contributed by atoms with Crippen molar-refractivity contribution in [2.24, 2.45) is 5.92 Å². The highest BCUT2D eigenvalue weighted by Crippen LogP contribution is 2.21. The van der Waals surface area contributed by atoms with Crippen LogP contribution < -0.4 is 5.32 Å². The Hall–Kier alpha value is -1.70. The van der Waals surface area contributed by atoms with Crippen LogP contribution >= 0.6 is 0 Å². The van der Waals surface area contributed by atoms with E-state index in [0.29, 0.717) is 31.8 Å². The molecule has 0 aromatic carbocycles. The van der Waals surface area contributed by atoms with Gasteiger partial charge in [-0.05, 0) is 31.6 Å². The Bertz CT molecular complexity index is 368. The maximum Gasteiger partial charge on any atom is 0.317 e. The zero-order valence-corrected chi connectivity index (χ0v) is 12.1. The van der Waals surface area contributed by atoms with E-state index in [-0.39, 0.29) is 18.5 Å². The molecule has 112 valence electrons. The van der Waals surface area contributed by atoms with E-state index in [1.165, 1.54) is 0 Å². The molecule has 1 atom stereocenters. The summed E-state index contributed by atoms with van der Waals surface area (Å²) in [6, 6.07) is -0.0129. The molecule has 0 bridgehead atoms. The van der Waals surface area contributed by atoms with E-state index >= 15 is 0 Å². The molecule has 1 saturated heterocycles. The maximum atomic E-state index is 12.1. The van der Waals surface area contributed by atoms with Crippen LogP contribution in [0.15, 0.2) is 0 Å². The van der Waals surface area contributed by atoms with Gasteiger partial charge in [0, 0.05) is 32.0 Å². The largest absolute Gasteiger partial charge is 0.481 e. The van der Waals surface area contributed by atoms with Gasteiger partial charge < -0.3 is 15.3 Å². The third-order valence-electron chi connectivity index (χ3n) is 3.85. The first-order chi connectivity index (χ1) is 9.56. The highest BCUT2D eigenvalue weighted by Gasteiger charge is 2.24. The number of piperidine rings is 1. The molecule has 2 amide bonds. The van der Waals surface area contributed by atoms with Crippen molar-refractivity contribution < 1.29 is 14.7 Å². The molecule has 0 saturated carbocycles. The molecular weight excluding hydrogens is 256 g/mol. The molecule has 5 nitrogen and oxygen atoms in total. The van der Waals surface area contributed by atoms with Crippen molar-refractivity contribution in [3.05, 3.63) is 0 Å². The Morgan fingerprint density at radius 2 is 2.10 bits per heavy atom. The number of terminal acetylenes is 1. The lowest BCUT2D eigenvalue weighted by Crippen LogP contribution is -2.47. The van der Waals surface area contributed by atoms with Crippen LogP contribution in [0.2, 0.25) is 0 Å². The molecule has 0 aromatic heterocycles. The Balaban J connectivity index is 2.31. The average Bonchev–Trinajstić information content (AvgIpc) is 2.45. The fourth-order valence-electron chi connectivity index (χ4n) is 2.46. The molecule has 0 radical (unpaired) electrons. The van der Waals surface area contributed by atoms with Crippen LogP contribution in [0.3, 0.4) is 0 Å². The van der Waals surface area contributed by atoms with Gasteiger partial charge in [-0.1, -0.05) is 6.92 Å². The Kier molecular flexibility index (Phi) is 6.92. The van der Waals surface area contributed by atoms with Gasteiger partial charge >= 0.3 is 12.0 Å². The first-order valence-electron chi connectivity index (χ1n) is 7.27. The van der Waals surface area contributed by atoms with E-state index in [1.54, 1.807) is 4.90 Å². The van der Waals surface area contributed by atoms with Crippen LogP contribution in [0.5, 0.6) is 0 Å². The normalized spacial score (nSPS) is 17.3. The number of nitrogens with one attached hydrogen (secondary N) is 1. The maximum absolute atomic E-state index is 12.1. The second kappa shape index (κ2) is 8.47. The number of rotatable bonds is 6. The second-order valence-electron chi connectivity index (χ2n) is 5.33. The van der Waals surface area contributed by atoms with Gasteiger partial charge in [-0.15, -0.1) is 12.3 Å². The minimum Gasteiger partial charge on any atom is -0.481 e. The van der Waals surface area contributed by atoms with Crippen molar-refractivity contribution in [2.75, 3.05) is 13.1 Å². The van der Waals surface area contributed by atoms with Gasteiger partial charge in [0.15, 0.2) is 0 Å². The third-order valence-corrected chi connectivity index (χ3v) is 3.85. The van der Waals surface area contributed by atoms with Crippen molar-refractivity contribution in [1.29, 1.82) is 0 Å². The number of carbonyl (C=O) groups excluding carboxylic acids is 1. The van der Waals surface area contributed by atoms with Gasteiger partial charge in [0.1, 0.15) is 0 Å². The van der Waals surface area contributed by atoms with Crippen LogP contribution in [0, 0.1) is 18.3 Å². The molecular formula is C15H24N2O3. The van der Waals surface area contributed by atoms with Crippen LogP contribution in [0.1, 0.15) is 45.4 Å². The topological polar surface area (TPSA) is 69.6 Å². The first kappa shape index (κ1) is 16.4. The number of likely N-dealkylation sites (tertiary alicyclic amines) is 1. The molecule has 1 heterocycles. The minimum atomic E-state index is -0.745. The Morgan fingerprint density at radius 3 is 2.60 bits per heavy atom. The monoisotopic (exact) mass is 280 g/mol. The molecule has 1 aliphatic heterocycles. The molecule has 20 heavy (non-hydrogen) atoms. The minimum absolute atomic E-state index is 0.0391. The summed E-state index contributed by atoms with van der Waals surface area (Å²) in [6.45, 7) is 3.39. The molecule has 0 spiro atoms. The summed E-state index contributed by atoms with van der Waals surface area (Å²) >= 11 is 0. The van der Waals surface area contributed by atoms with Gasteiger partial charge in [0.25, 0.3) is 0 Å². The van der Waals surface area contributed by atoms with Gasteiger partial charge in [0.2, 0.25) is 0 Å². The third kappa shape index (κ3) is 5.52. The predicted molar refractivity (Wildman–Crippen MR) is 77.2 cm³/mol. The van der Waals surface area contributed by atoms with E-state index in [2.05, 4.69) is 11.2 Å². The first-order valence-corrected chi connectivity index (χ1v) is 7.27. The summed E-state index contributed by atoms with van der Waals surface area (Å²) in [5.74, 6) is 2.25. The van der Waals surface area contributed by atoms with Crippen LogP contribution in [-0.4, -0.2) is 41.1 Å². The summed E-state index contributed by atoms with van der Waals surface area (Å²) in [6.07, 6.45) is 9.34. The van der Waals surface area contributed by atoms with Crippen LogP contribution in [0.4, 0.5) is 4.79 Å². The number of nitrogens with zero attached hydrogens (tertiary/aromatic N) is 1. The van der Waals surface area contributed by atoms with E-state index in [0.717, 1.165) is 19.3 Å². The van der Waals surface area contributed by atoms with Crippen LogP contribution in [-0.2, 0) is 4.79 Å². The molecule has 0 aliphatic carbocycles. The lowest BCUT2D eigenvalue weighted by molar-refractivity contribution is -0.137. The van der Waals surface area contributed by atoms with Crippen LogP contribution in [0.25, 0.3) is 0 Å². The number of carboxylic acid groups (broad SMARTS) is 1. The molecule has 1 aliphatic rings. The zero-order chi connectivity index (χ0) is 15.0. The fraction of sp³-hybridized carbons (Fsp3) is 0.733. The lowest BCUT2D eigenvalue weighted by atomic mass is 9.92. The second-order valence-corrected chi connectivity index (χ2v) is 5.33. The average molecular weight is 280 g/mol. The number of aliphatic carboxylic acids is 1. The number of hydrogen-bond donors (Lipinski definition) is 2. The quantitative estimate of drug-likeness (QED) is 0.732. The molecule has 5 heteroatoms. The molecule has 1 fully saturated rings. The van der Waals surface area contributed by atoms with Gasteiger partial charge in [0.05, 0.1) is 0 Å². The van der Waals surface area contributed by atoms with Gasteiger partial charge in [-0.25, -0.2) is 4.79 Å². The van der Waals surface area contributed by atoms with E-state index in [4.69, 9.17) is 11.5 Å². The number of carboxylic acids is 1. The summed E-state index contributed by atoms with van der Waals surface area (Å²) in [5, 5.41) is 11.6. The van der Waals surface area contributed by atoms with Crippen molar-refractivity contribution in [3.63, 3.8) is 0 Å². The number of urea groups is 1. The number of carbonyl (C=O) groups is 2. The number of hydrogen-bond acceptors (Lipinski definition) is 2. The zero-order valence-electron chi connectivity index (χ0n) is 12.1. The summed E-state index contributed by atoms with van der Waals surface area (Å²) in [5.41, 5.74) is 0.